The van der Waals surface area contributed by atoms with E-state index in [0.717, 1.165) is 12.8 Å². The third kappa shape index (κ3) is 1.76. The van der Waals surface area contributed by atoms with Crippen LogP contribution in [0.4, 0.5) is 0 Å². The van der Waals surface area contributed by atoms with Gasteiger partial charge >= 0.3 is 0 Å². The number of hydrogen-bond donors (Lipinski definition) is 1. The Balaban J connectivity index is 2.23. The van der Waals surface area contributed by atoms with Crippen LogP contribution < -0.4 is 5.73 Å². The molecule has 2 rings (SSSR count). The molecule has 2 N–H and O–H groups in total. The first-order chi connectivity index (χ1) is 7.02. The summed E-state index contributed by atoms with van der Waals surface area (Å²) in [4.78, 5) is 25.0. The molecule has 0 bridgehead atoms. The van der Waals surface area contributed by atoms with E-state index in [1.54, 1.807) is 6.92 Å². The number of nitrogens with zero attached hydrogens (tertiary/aromatic N) is 1. The van der Waals surface area contributed by atoms with Gasteiger partial charge in [0.05, 0.1) is 11.0 Å². The highest BCUT2D eigenvalue weighted by atomic mass is 32.1. The van der Waals surface area contributed by atoms with E-state index >= 15 is 0 Å². The van der Waals surface area contributed by atoms with Crippen LogP contribution >= 0.6 is 12.2 Å². The van der Waals surface area contributed by atoms with Crippen LogP contribution in [0.5, 0.6) is 0 Å². The molecule has 0 radical (unpaired) electrons. The second-order valence-electron chi connectivity index (χ2n) is 4.39. The summed E-state index contributed by atoms with van der Waals surface area (Å²) in [6.45, 7) is 1.77. The zero-order valence-corrected chi connectivity index (χ0v) is 9.42. The van der Waals surface area contributed by atoms with Crippen LogP contribution in [0.3, 0.4) is 0 Å². The molecular formula is C10H14N2O2S. The number of likely N-dealkylation sites (tertiary alicyclic amines) is 1. The molecule has 1 aliphatic heterocycles. The van der Waals surface area contributed by atoms with Crippen LogP contribution in [-0.2, 0) is 9.59 Å². The molecule has 0 aromatic carbocycles. The smallest absolute Gasteiger partial charge is 0.233 e. The van der Waals surface area contributed by atoms with Gasteiger partial charge in [-0.2, -0.15) is 0 Å². The summed E-state index contributed by atoms with van der Waals surface area (Å²) >= 11 is 4.95. The Morgan fingerprint density at radius 2 is 2.13 bits per heavy atom. The molecule has 1 saturated heterocycles. The van der Waals surface area contributed by atoms with Crippen molar-refractivity contribution in [2.45, 2.75) is 32.2 Å². The first kappa shape index (κ1) is 10.5. The van der Waals surface area contributed by atoms with E-state index in [1.165, 1.54) is 4.90 Å². The van der Waals surface area contributed by atoms with Crippen molar-refractivity contribution in [3.63, 3.8) is 0 Å². The van der Waals surface area contributed by atoms with Crippen LogP contribution in [0.25, 0.3) is 0 Å². The number of carbonyl (C=O) groups excluding carboxylic acids is 2. The molecule has 4 nitrogen and oxygen atoms in total. The topological polar surface area (TPSA) is 63.4 Å². The zero-order chi connectivity index (χ0) is 11.2. The average Bonchev–Trinajstić information content (AvgIpc) is 2.91. The van der Waals surface area contributed by atoms with Gasteiger partial charge in [0.2, 0.25) is 11.8 Å². The molecule has 0 aromatic rings. The summed E-state index contributed by atoms with van der Waals surface area (Å²) in [5.41, 5.74) is 5.61. The van der Waals surface area contributed by atoms with Crippen molar-refractivity contribution in [2.24, 2.45) is 17.6 Å². The summed E-state index contributed by atoms with van der Waals surface area (Å²) in [5, 5.41) is 0. The van der Waals surface area contributed by atoms with Gasteiger partial charge in [0.1, 0.15) is 0 Å². The predicted molar refractivity (Wildman–Crippen MR) is 58.9 cm³/mol. The quantitative estimate of drug-likeness (QED) is 0.560. The number of thiocarbonyl (C=S) groups is 1. The van der Waals surface area contributed by atoms with Crippen molar-refractivity contribution in [2.75, 3.05) is 0 Å². The van der Waals surface area contributed by atoms with Crippen molar-refractivity contribution in [3.8, 4) is 0 Å². The standard InChI is InChI=1S/C10H14N2O2S/c1-5-4-7(13)12(10(5)14)8(9(11)15)6-2-3-6/h5-6,8H,2-4H2,1H3,(H2,11,15). The minimum atomic E-state index is -0.329. The third-order valence-electron chi connectivity index (χ3n) is 3.05. The van der Waals surface area contributed by atoms with E-state index in [-0.39, 0.29) is 28.8 Å². The lowest BCUT2D eigenvalue weighted by Gasteiger charge is -2.25. The van der Waals surface area contributed by atoms with Gasteiger partial charge in [0.15, 0.2) is 0 Å². The molecule has 2 atom stereocenters. The highest BCUT2D eigenvalue weighted by Crippen LogP contribution is 2.38. The van der Waals surface area contributed by atoms with Gasteiger partial charge in [-0.25, -0.2) is 0 Å². The molecule has 1 aliphatic carbocycles. The maximum absolute atomic E-state index is 11.8. The van der Waals surface area contributed by atoms with Gasteiger partial charge in [0, 0.05) is 12.3 Å². The second kappa shape index (κ2) is 3.56. The molecule has 2 fully saturated rings. The number of imide groups is 1. The van der Waals surface area contributed by atoms with Crippen LogP contribution in [0, 0.1) is 11.8 Å². The SMILES string of the molecule is CC1CC(=O)N(C(C(N)=S)C2CC2)C1=O. The van der Waals surface area contributed by atoms with E-state index in [9.17, 15) is 9.59 Å². The van der Waals surface area contributed by atoms with Crippen LogP contribution in [0.2, 0.25) is 0 Å². The van der Waals surface area contributed by atoms with E-state index in [2.05, 4.69) is 0 Å². The Bertz CT molecular complexity index is 338. The third-order valence-corrected chi connectivity index (χ3v) is 3.29. The van der Waals surface area contributed by atoms with E-state index in [1.807, 2.05) is 0 Å². The summed E-state index contributed by atoms with van der Waals surface area (Å²) in [5.74, 6) is -0.157. The minimum Gasteiger partial charge on any atom is -0.392 e. The van der Waals surface area contributed by atoms with Crippen molar-refractivity contribution >= 4 is 29.0 Å². The highest BCUT2D eigenvalue weighted by molar-refractivity contribution is 7.80. The summed E-state index contributed by atoms with van der Waals surface area (Å²) < 4.78 is 0. The van der Waals surface area contributed by atoms with Crippen molar-refractivity contribution < 1.29 is 9.59 Å². The second-order valence-corrected chi connectivity index (χ2v) is 4.86. The number of nitrogens with two attached hydrogens (primary N) is 1. The number of carbonyl (C=O) groups is 2. The van der Waals surface area contributed by atoms with Gasteiger partial charge < -0.3 is 5.73 Å². The first-order valence-corrected chi connectivity index (χ1v) is 5.58. The molecule has 15 heavy (non-hydrogen) atoms. The highest BCUT2D eigenvalue weighted by Gasteiger charge is 2.46. The molecule has 0 spiro atoms. The summed E-state index contributed by atoms with van der Waals surface area (Å²) in [6, 6.07) is -0.329. The molecule has 5 heteroatoms. The molecule has 0 aromatic heterocycles. The molecule has 2 aliphatic rings. The van der Waals surface area contributed by atoms with Crippen molar-refractivity contribution in [1.82, 2.24) is 4.90 Å². The zero-order valence-electron chi connectivity index (χ0n) is 8.60. The summed E-state index contributed by atoms with van der Waals surface area (Å²) in [7, 11) is 0. The largest absolute Gasteiger partial charge is 0.392 e. The fourth-order valence-corrected chi connectivity index (χ4v) is 2.38. The van der Waals surface area contributed by atoms with Crippen LogP contribution in [0.1, 0.15) is 26.2 Å². The van der Waals surface area contributed by atoms with E-state index in [0.29, 0.717) is 12.3 Å². The lowest BCUT2D eigenvalue weighted by Crippen LogP contribution is -2.48. The van der Waals surface area contributed by atoms with Crippen LogP contribution in [0.15, 0.2) is 0 Å². The fourth-order valence-electron chi connectivity index (χ4n) is 2.08. The Kier molecular flexibility index (Phi) is 2.50. The fraction of sp³-hybridized carbons (Fsp3) is 0.700. The Labute approximate surface area is 93.8 Å². The Hall–Kier alpha value is -0.970. The van der Waals surface area contributed by atoms with Gasteiger partial charge in [-0.1, -0.05) is 19.1 Å². The predicted octanol–water partition coefficient (Wildman–Crippen LogP) is 0.446. The van der Waals surface area contributed by atoms with Crippen molar-refractivity contribution in [3.05, 3.63) is 0 Å². The molecule has 82 valence electrons. The van der Waals surface area contributed by atoms with Gasteiger partial charge in [-0.05, 0) is 18.8 Å². The normalized spacial score (nSPS) is 28.3. The van der Waals surface area contributed by atoms with Gasteiger partial charge in [-0.3, -0.25) is 14.5 Å². The van der Waals surface area contributed by atoms with Crippen molar-refractivity contribution in [1.29, 1.82) is 0 Å². The monoisotopic (exact) mass is 226 g/mol. The molecule has 1 heterocycles. The number of rotatable bonds is 3. The molecular weight excluding hydrogens is 212 g/mol. The maximum atomic E-state index is 11.8. The van der Waals surface area contributed by atoms with Crippen LogP contribution in [-0.4, -0.2) is 27.7 Å². The van der Waals surface area contributed by atoms with Gasteiger partial charge in [0.25, 0.3) is 0 Å². The van der Waals surface area contributed by atoms with E-state index in [4.69, 9.17) is 18.0 Å². The average molecular weight is 226 g/mol. The summed E-state index contributed by atoms with van der Waals surface area (Å²) in [6.07, 6.45) is 2.31. The number of amides is 2. The molecule has 1 saturated carbocycles. The maximum Gasteiger partial charge on any atom is 0.233 e. The minimum absolute atomic E-state index is 0.121. The Morgan fingerprint density at radius 3 is 2.47 bits per heavy atom. The molecule has 2 unspecified atom stereocenters. The van der Waals surface area contributed by atoms with Gasteiger partial charge in [-0.15, -0.1) is 0 Å². The lowest BCUT2D eigenvalue weighted by atomic mass is 10.1. The number of hydrogen-bond acceptors (Lipinski definition) is 3. The lowest BCUT2D eigenvalue weighted by molar-refractivity contribution is -0.140. The Morgan fingerprint density at radius 1 is 1.53 bits per heavy atom. The first-order valence-electron chi connectivity index (χ1n) is 5.17. The molecule has 2 amide bonds. The van der Waals surface area contributed by atoms with E-state index < -0.39 is 0 Å².